The van der Waals surface area contributed by atoms with E-state index in [4.69, 9.17) is 0 Å². The van der Waals surface area contributed by atoms with Gasteiger partial charge in [0, 0.05) is 17.2 Å². The van der Waals surface area contributed by atoms with Crippen LogP contribution in [0.15, 0.2) is 47.5 Å². The molecule has 1 atom stereocenters. The number of rotatable bonds is 6. The maximum Gasteiger partial charge on any atom is 0.326 e. The van der Waals surface area contributed by atoms with Crippen LogP contribution in [-0.4, -0.2) is 27.5 Å². The van der Waals surface area contributed by atoms with Crippen LogP contribution in [-0.2, 0) is 9.59 Å². The number of carbonyl (C=O) groups is 3. The molecule has 8 heteroatoms. The van der Waals surface area contributed by atoms with Crippen LogP contribution < -0.4 is 10.1 Å². The van der Waals surface area contributed by atoms with E-state index in [2.05, 4.69) is 10.3 Å². The van der Waals surface area contributed by atoms with E-state index >= 15 is 0 Å². The van der Waals surface area contributed by atoms with Gasteiger partial charge in [-0.15, -0.1) is 0 Å². The molecule has 0 fully saturated rings. The highest BCUT2D eigenvalue weighted by molar-refractivity contribution is 7.16. The summed E-state index contributed by atoms with van der Waals surface area (Å²) in [7, 11) is 0. The number of anilines is 1. The average Bonchev–Trinajstić information content (AvgIpc) is 3.06. The number of hydrogen-bond donors (Lipinski definition) is 2. The number of aromatic nitrogens is 1. The van der Waals surface area contributed by atoms with Gasteiger partial charge >= 0.3 is 5.97 Å². The Hall–Kier alpha value is -3.26. The second-order valence-corrected chi connectivity index (χ2v) is 8.64. The fraction of sp³-hybridized carbons (Fsp3) is 0.304. The number of carboxylic acids is 1. The van der Waals surface area contributed by atoms with E-state index in [9.17, 15) is 19.5 Å². The second kappa shape index (κ2) is 9.26. The van der Waals surface area contributed by atoms with Gasteiger partial charge in [-0.3, -0.25) is 9.59 Å². The summed E-state index contributed by atoms with van der Waals surface area (Å²) in [4.78, 5) is 41.4. The summed E-state index contributed by atoms with van der Waals surface area (Å²) in [5.74, 6) is -1.77. The third-order valence-electron chi connectivity index (χ3n) is 4.90. The second-order valence-electron chi connectivity index (χ2n) is 7.63. The first kappa shape index (κ1) is 22.4. The Bertz CT molecular complexity index is 1210. The lowest BCUT2D eigenvalue weighted by molar-refractivity contribution is -0.141. The number of fused-ring (bicyclic) bond motifs is 1. The number of aryl methyl sites for hydroxylation is 1. The fourth-order valence-corrected chi connectivity index (χ4v) is 4.15. The summed E-state index contributed by atoms with van der Waals surface area (Å²) in [6.45, 7) is 7.29. The molecule has 0 aliphatic carbocycles. The predicted molar refractivity (Wildman–Crippen MR) is 121 cm³/mol. The lowest BCUT2D eigenvalue weighted by Crippen LogP contribution is -2.27. The Labute approximate surface area is 184 Å². The Morgan fingerprint density at radius 3 is 2.39 bits per heavy atom. The Morgan fingerprint density at radius 2 is 1.81 bits per heavy atom. The molecule has 7 nitrogen and oxygen atoms in total. The summed E-state index contributed by atoms with van der Waals surface area (Å²) >= 11 is 1.24. The van der Waals surface area contributed by atoms with E-state index in [1.54, 1.807) is 55.7 Å². The minimum Gasteiger partial charge on any atom is -0.480 e. The maximum absolute atomic E-state index is 12.7. The fourth-order valence-electron chi connectivity index (χ4n) is 3.10. The summed E-state index contributed by atoms with van der Waals surface area (Å²) in [5.41, 5.74) is 2.63. The van der Waals surface area contributed by atoms with Crippen LogP contribution in [0.2, 0.25) is 0 Å². The van der Waals surface area contributed by atoms with Gasteiger partial charge < -0.3 is 15.0 Å². The number of amides is 2. The molecular weight excluding hydrogens is 414 g/mol. The molecule has 1 aromatic heterocycles. The zero-order valence-corrected chi connectivity index (χ0v) is 18.7. The smallest absolute Gasteiger partial charge is 0.326 e. The molecule has 162 valence electrons. The van der Waals surface area contributed by atoms with Crippen LogP contribution in [0.3, 0.4) is 0 Å². The van der Waals surface area contributed by atoms with E-state index in [0.29, 0.717) is 28.0 Å². The first-order chi connectivity index (χ1) is 14.7. The minimum absolute atomic E-state index is 0.133. The lowest BCUT2D eigenvalue weighted by atomic mass is 10.1. The normalized spacial score (nSPS) is 12.9. The molecule has 1 unspecified atom stereocenters. The molecule has 3 aromatic rings. The number of nitrogens with zero attached hydrogens (tertiary/aromatic N) is 2. The van der Waals surface area contributed by atoms with Gasteiger partial charge in [0.25, 0.3) is 5.91 Å². The zero-order valence-electron chi connectivity index (χ0n) is 17.9. The molecule has 0 aliphatic rings. The molecule has 2 aromatic carbocycles. The van der Waals surface area contributed by atoms with Crippen molar-refractivity contribution in [2.75, 3.05) is 5.32 Å². The number of nitrogens with one attached hydrogen (secondary N) is 1. The SMILES string of the molecule is CCC(C(=O)O)n1c(=NC(=O)c2ccc(C)cc2)sc2ccc(NC(=O)C(C)C)cc21. The number of thiazole rings is 1. The van der Waals surface area contributed by atoms with Crippen molar-refractivity contribution < 1.29 is 19.5 Å². The van der Waals surface area contributed by atoms with Crippen molar-refractivity contribution in [2.45, 2.75) is 40.2 Å². The number of hydrogen-bond acceptors (Lipinski definition) is 4. The molecule has 0 radical (unpaired) electrons. The minimum atomic E-state index is -1.01. The van der Waals surface area contributed by atoms with Gasteiger partial charge in [0.05, 0.1) is 10.2 Å². The molecule has 1 heterocycles. The van der Waals surface area contributed by atoms with Gasteiger partial charge in [-0.05, 0) is 43.7 Å². The molecule has 0 bridgehead atoms. The van der Waals surface area contributed by atoms with E-state index in [1.165, 1.54) is 11.3 Å². The van der Waals surface area contributed by atoms with Crippen LogP contribution in [0.1, 0.15) is 49.2 Å². The van der Waals surface area contributed by atoms with Crippen LogP contribution in [0.5, 0.6) is 0 Å². The molecule has 3 rings (SSSR count). The Morgan fingerprint density at radius 1 is 1.13 bits per heavy atom. The monoisotopic (exact) mass is 439 g/mol. The topological polar surface area (TPSA) is 101 Å². The van der Waals surface area contributed by atoms with Gasteiger partial charge in [-0.25, -0.2) is 4.79 Å². The third kappa shape index (κ3) is 4.91. The third-order valence-corrected chi connectivity index (χ3v) is 5.93. The molecule has 0 aliphatic heterocycles. The number of benzene rings is 2. The summed E-state index contributed by atoms with van der Waals surface area (Å²) in [5, 5.41) is 12.6. The lowest BCUT2D eigenvalue weighted by Gasteiger charge is -2.14. The van der Waals surface area contributed by atoms with Crippen molar-refractivity contribution in [3.63, 3.8) is 0 Å². The molecule has 2 amide bonds. The van der Waals surface area contributed by atoms with Crippen molar-refractivity contribution in [1.29, 1.82) is 0 Å². The van der Waals surface area contributed by atoms with Crippen molar-refractivity contribution >= 4 is 45.0 Å². The molecule has 0 saturated heterocycles. The number of carbonyl (C=O) groups excluding carboxylic acids is 2. The molecular formula is C23H25N3O4S. The molecule has 31 heavy (non-hydrogen) atoms. The van der Waals surface area contributed by atoms with Gasteiger partial charge in [0.15, 0.2) is 4.80 Å². The van der Waals surface area contributed by atoms with E-state index < -0.39 is 17.9 Å². The number of aliphatic carboxylic acids is 1. The largest absolute Gasteiger partial charge is 0.480 e. The summed E-state index contributed by atoms with van der Waals surface area (Å²) in [6.07, 6.45) is 0.315. The Balaban J connectivity index is 2.17. The van der Waals surface area contributed by atoms with Crippen molar-refractivity contribution in [3.8, 4) is 0 Å². The highest BCUT2D eigenvalue weighted by atomic mass is 32.1. The Kier molecular flexibility index (Phi) is 6.70. The molecule has 2 N–H and O–H groups in total. The van der Waals surface area contributed by atoms with E-state index in [1.807, 2.05) is 19.1 Å². The van der Waals surface area contributed by atoms with Crippen LogP contribution in [0.4, 0.5) is 5.69 Å². The van der Waals surface area contributed by atoms with E-state index in [-0.39, 0.29) is 11.8 Å². The van der Waals surface area contributed by atoms with Gasteiger partial charge in [-0.1, -0.05) is 49.8 Å². The van der Waals surface area contributed by atoms with Gasteiger partial charge in [-0.2, -0.15) is 4.99 Å². The van der Waals surface area contributed by atoms with Crippen molar-refractivity contribution in [3.05, 3.63) is 58.4 Å². The predicted octanol–water partition coefficient (Wildman–Crippen LogP) is 4.38. The first-order valence-electron chi connectivity index (χ1n) is 10.1. The summed E-state index contributed by atoms with van der Waals surface area (Å²) < 4.78 is 2.34. The zero-order chi connectivity index (χ0) is 22.7. The number of carboxylic acid groups (broad SMARTS) is 1. The van der Waals surface area contributed by atoms with E-state index in [0.717, 1.165) is 10.3 Å². The van der Waals surface area contributed by atoms with Crippen LogP contribution in [0.25, 0.3) is 10.2 Å². The highest BCUT2D eigenvalue weighted by Gasteiger charge is 2.22. The average molecular weight is 440 g/mol. The standard InChI is InChI=1S/C23H25N3O4S/c1-5-17(22(29)30)26-18-12-16(24-20(27)13(2)3)10-11-19(18)31-23(26)25-21(28)15-8-6-14(4)7-9-15/h6-13,17H,5H2,1-4H3,(H,24,27)(H,29,30). The summed E-state index contributed by atoms with van der Waals surface area (Å²) in [6, 6.07) is 11.5. The highest BCUT2D eigenvalue weighted by Crippen LogP contribution is 2.26. The van der Waals surface area contributed by atoms with Gasteiger partial charge in [0.2, 0.25) is 5.91 Å². The van der Waals surface area contributed by atoms with Crippen molar-refractivity contribution in [2.24, 2.45) is 10.9 Å². The van der Waals surface area contributed by atoms with Crippen molar-refractivity contribution in [1.82, 2.24) is 4.57 Å². The molecule has 0 saturated carbocycles. The molecule has 0 spiro atoms. The quantitative estimate of drug-likeness (QED) is 0.595. The first-order valence-corrected chi connectivity index (χ1v) is 10.9. The van der Waals surface area contributed by atoms with Gasteiger partial charge in [0.1, 0.15) is 6.04 Å². The van der Waals surface area contributed by atoms with Crippen LogP contribution in [0, 0.1) is 12.8 Å². The van der Waals surface area contributed by atoms with Crippen LogP contribution >= 0.6 is 11.3 Å². The maximum atomic E-state index is 12.7.